The summed E-state index contributed by atoms with van der Waals surface area (Å²) >= 11 is 0. The fourth-order valence-corrected chi connectivity index (χ4v) is 3.36. The predicted molar refractivity (Wildman–Crippen MR) is 120 cm³/mol. The van der Waals surface area contributed by atoms with Gasteiger partial charge in [-0.2, -0.15) is 5.10 Å². The summed E-state index contributed by atoms with van der Waals surface area (Å²) in [6.07, 6.45) is 2.26. The minimum absolute atomic E-state index is 0.706. The van der Waals surface area contributed by atoms with Gasteiger partial charge in [0.2, 0.25) is 0 Å². The lowest BCUT2D eigenvalue weighted by Gasteiger charge is -2.19. The van der Waals surface area contributed by atoms with Crippen LogP contribution in [0.15, 0.2) is 54.6 Å². The molecule has 0 atom stereocenters. The smallest absolute Gasteiger partial charge is 0.164 e. The number of nitrogens with zero attached hydrogens (tertiary/aromatic N) is 4. The van der Waals surface area contributed by atoms with Crippen LogP contribution in [0.3, 0.4) is 0 Å². The van der Waals surface area contributed by atoms with Gasteiger partial charge in [-0.3, -0.25) is 5.10 Å². The van der Waals surface area contributed by atoms with E-state index in [9.17, 15) is 0 Å². The lowest BCUT2D eigenvalue weighted by Crippen LogP contribution is -2.20. The zero-order chi connectivity index (χ0) is 20.2. The largest absolute Gasteiger partial charge is 0.359 e. The molecule has 2 heterocycles. The first-order valence-corrected chi connectivity index (χ1v) is 10.0. The van der Waals surface area contributed by atoms with Crippen molar-refractivity contribution in [2.24, 2.45) is 0 Å². The van der Waals surface area contributed by atoms with E-state index in [-0.39, 0.29) is 0 Å². The zero-order valence-electron chi connectivity index (χ0n) is 17.1. The number of benzene rings is 2. The van der Waals surface area contributed by atoms with Gasteiger partial charge in [0, 0.05) is 37.0 Å². The second kappa shape index (κ2) is 8.31. The Morgan fingerprint density at radius 2 is 1.83 bits per heavy atom. The van der Waals surface area contributed by atoms with E-state index in [1.54, 1.807) is 0 Å². The van der Waals surface area contributed by atoms with Gasteiger partial charge in [-0.25, -0.2) is 9.97 Å². The van der Waals surface area contributed by atoms with Crippen molar-refractivity contribution in [3.05, 3.63) is 60.3 Å². The first kappa shape index (κ1) is 18.9. The molecular formula is C23H26N6. The third kappa shape index (κ3) is 4.21. The molecule has 0 amide bonds. The lowest BCUT2D eigenvalue weighted by atomic mass is 10.0. The molecule has 0 saturated heterocycles. The SMILES string of the molecule is CCCCN(C)c1cc(Nc2cc(C)[nH]n2)nc(-c2cccc3ccccc23)n1. The predicted octanol–water partition coefficient (Wildman–Crippen LogP) is 5.31. The molecule has 0 bridgehead atoms. The number of nitrogens with one attached hydrogen (secondary N) is 2. The average Bonchev–Trinajstić information content (AvgIpc) is 3.15. The first-order chi connectivity index (χ1) is 14.1. The minimum atomic E-state index is 0.706. The highest BCUT2D eigenvalue weighted by molar-refractivity contribution is 5.95. The lowest BCUT2D eigenvalue weighted by molar-refractivity contribution is 0.759. The molecule has 4 rings (SSSR count). The summed E-state index contributed by atoms with van der Waals surface area (Å²) in [6.45, 7) is 5.12. The van der Waals surface area contributed by atoms with Crippen LogP contribution in [0.4, 0.5) is 17.5 Å². The van der Waals surface area contributed by atoms with Crippen molar-refractivity contribution in [3.8, 4) is 11.4 Å². The van der Waals surface area contributed by atoms with E-state index in [0.29, 0.717) is 5.82 Å². The Labute approximate surface area is 171 Å². The standard InChI is InChI=1S/C23H26N6/c1-4-5-13-29(3)22-15-20(24-21-14-16(2)27-28-21)25-23(26-22)19-12-8-10-17-9-6-7-11-18(17)19/h6-12,14-15H,4-5,13H2,1-3H3,(H2,24,25,26,27,28). The summed E-state index contributed by atoms with van der Waals surface area (Å²) in [7, 11) is 2.08. The van der Waals surface area contributed by atoms with Crippen molar-refractivity contribution >= 4 is 28.2 Å². The summed E-state index contributed by atoms with van der Waals surface area (Å²) < 4.78 is 0. The topological polar surface area (TPSA) is 69.7 Å². The van der Waals surface area contributed by atoms with Crippen LogP contribution >= 0.6 is 0 Å². The summed E-state index contributed by atoms with van der Waals surface area (Å²) in [5.74, 6) is 3.07. The van der Waals surface area contributed by atoms with E-state index >= 15 is 0 Å². The van der Waals surface area contributed by atoms with Crippen molar-refractivity contribution in [2.45, 2.75) is 26.7 Å². The van der Waals surface area contributed by atoms with E-state index in [4.69, 9.17) is 9.97 Å². The van der Waals surface area contributed by atoms with Crippen LogP contribution in [0.5, 0.6) is 0 Å². The molecule has 2 N–H and O–H groups in total. The second-order valence-corrected chi connectivity index (χ2v) is 7.30. The number of hydrogen-bond donors (Lipinski definition) is 2. The van der Waals surface area contributed by atoms with Gasteiger partial charge >= 0.3 is 0 Å². The van der Waals surface area contributed by atoms with Crippen molar-refractivity contribution in [3.63, 3.8) is 0 Å². The number of anilines is 3. The molecule has 148 valence electrons. The number of H-pyrrole nitrogens is 1. The quantitative estimate of drug-likeness (QED) is 0.450. The highest BCUT2D eigenvalue weighted by Gasteiger charge is 2.13. The maximum atomic E-state index is 4.90. The molecule has 0 aliphatic heterocycles. The van der Waals surface area contributed by atoms with Crippen LogP contribution in [0.1, 0.15) is 25.5 Å². The van der Waals surface area contributed by atoms with Gasteiger partial charge in [0.05, 0.1) is 0 Å². The van der Waals surface area contributed by atoms with Crippen LogP contribution in [0.2, 0.25) is 0 Å². The molecule has 6 nitrogen and oxygen atoms in total. The molecule has 0 spiro atoms. The van der Waals surface area contributed by atoms with E-state index in [0.717, 1.165) is 53.5 Å². The van der Waals surface area contributed by atoms with Gasteiger partial charge in [-0.15, -0.1) is 0 Å². The summed E-state index contributed by atoms with van der Waals surface area (Å²) in [5, 5.41) is 12.9. The second-order valence-electron chi connectivity index (χ2n) is 7.30. The average molecular weight is 387 g/mol. The van der Waals surface area contributed by atoms with Crippen LogP contribution in [0, 0.1) is 6.92 Å². The monoisotopic (exact) mass is 386 g/mol. The molecule has 0 fully saturated rings. The molecule has 0 radical (unpaired) electrons. The molecule has 2 aromatic heterocycles. The Morgan fingerprint density at radius 3 is 2.62 bits per heavy atom. The Morgan fingerprint density at radius 1 is 1.00 bits per heavy atom. The number of fused-ring (bicyclic) bond motifs is 1. The molecule has 0 saturated carbocycles. The summed E-state index contributed by atoms with van der Waals surface area (Å²) in [4.78, 5) is 11.9. The van der Waals surface area contributed by atoms with Gasteiger partial charge in [-0.1, -0.05) is 55.8 Å². The van der Waals surface area contributed by atoms with Gasteiger partial charge in [0.25, 0.3) is 0 Å². The van der Waals surface area contributed by atoms with Crippen LogP contribution in [-0.4, -0.2) is 33.8 Å². The Bertz CT molecular complexity index is 1110. The van der Waals surface area contributed by atoms with E-state index in [2.05, 4.69) is 76.9 Å². The first-order valence-electron chi connectivity index (χ1n) is 10.0. The Balaban J connectivity index is 1.80. The van der Waals surface area contributed by atoms with Gasteiger partial charge in [-0.05, 0) is 24.1 Å². The molecule has 6 heteroatoms. The van der Waals surface area contributed by atoms with Crippen LogP contribution in [-0.2, 0) is 0 Å². The zero-order valence-corrected chi connectivity index (χ0v) is 17.1. The van der Waals surface area contributed by atoms with E-state index < -0.39 is 0 Å². The van der Waals surface area contributed by atoms with Crippen molar-refractivity contribution in [1.82, 2.24) is 20.2 Å². The summed E-state index contributed by atoms with van der Waals surface area (Å²) in [6, 6.07) is 18.5. The highest BCUT2D eigenvalue weighted by atomic mass is 15.2. The van der Waals surface area contributed by atoms with Crippen molar-refractivity contribution < 1.29 is 0 Å². The maximum absolute atomic E-state index is 4.90. The van der Waals surface area contributed by atoms with Crippen molar-refractivity contribution in [1.29, 1.82) is 0 Å². The maximum Gasteiger partial charge on any atom is 0.164 e. The molecule has 29 heavy (non-hydrogen) atoms. The number of unbranched alkanes of at least 4 members (excludes halogenated alkanes) is 1. The van der Waals surface area contributed by atoms with E-state index in [1.807, 2.05) is 19.1 Å². The summed E-state index contributed by atoms with van der Waals surface area (Å²) in [5.41, 5.74) is 2.02. The van der Waals surface area contributed by atoms with Crippen molar-refractivity contribution in [2.75, 3.05) is 23.8 Å². The fraction of sp³-hybridized carbons (Fsp3) is 0.261. The molecular weight excluding hydrogens is 360 g/mol. The number of rotatable bonds is 7. The molecule has 0 aliphatic carbocycles. The third-order valence-corrected chi connectivity index (χ3v) is 4.94. The number of aromatic nitrogens is 4. The van der Waals surface area contributed by atoms with Crippen LogP contribution in [0.25, 0.3) is 22.2 Å². The number of hydrogen-bond acceptors (Lipinski definition) is 5. The number of aryl methyl sites for hydroxylation is 1. The molecule has 2 aromatic carbocycles. The van der Waals surface area contributed by atoms with E-state index in [1.165, 1.54) is 5.39 Å². The van der Waals surface area contributed by atoms with Gasteiger partial charge in [0.1, 0.15) is 11.6 Å². The Hall–Kier alpha value is -3.41. The highest BCUT2D eigenvalue weighted by Crippen LogP contribution is 2.29. The van der Waals surface area contributed by atoms with Gasteiger partial charge < -0.3 is 10.2 Å². The van der Waals surface area contributed by atoms with Gasteiger partial charge in [0.15, 0.2) is 11.6 Å². The third-order valence-electron chi connectivity index (χ3n) is 4.94. The fourth-order valence-electron chi connectivity index (χ4n) is 3.36. The normalized spacial score (nSPS) is 11.0. The molecule has 0 aliphatic rings. The Kier molecular flexibility index (Phi) is 5.42. The number of aromatic amines is 1. The molecule has 0 unspecified atom stereocenters. The molecule has 4 aromatic rings. The minimum Gasteiger partial charge on any atom is -0.359 e. The van der Waals surface area contributed by atoms with Crippen LogP contribution < -0.4 is 10.2 Å².